The van der Waals surface area contributed by atoms with Crippen LogP contribution in [0.2, 0.25) is 0 Å². The van der Waals surface area contributed by atoms with Crippen molar-refractivity contribution in [2.24, 2.45) is 0 Å². The van der Waals surface area contributed by atoms with E-state index in [-0.39, 0.29) is 6.03 Å². The summed E-state index contributed by atoms with van der Waals surface area (Å²) in [4.78, 5) is 12.8. The van der Waals surface area contributed by atoms with Crippen LogP contribution in [0.4, 0.5) is 4.79 Å². The molecule has 0 aliphatic rings. The van der Waals surface area contributed by atoms with Crippen LogP contribution in [0.1, 0.15) is 17.1 Å². The van der Waals surface area contributed by atoms with Crippen LogP contribution in [0, 0.1) is 0 Å². The zero-order valence-electron chi connectivity index (χ0n) is 11.9. The molecule has 2 aromatic rings. The molecule has 0 spiro atoms. The number of aromatic nitrogens is 3. The predicted octanol–water partition coefficient (Wildman–Crippen LogP) is 1.38. The van der Waals surface area contributed by atoms with Crippen LogP contribution in [0.25, 0.3) is 0 Å². The number of hydrogen-bond acceptors (Lipinski definition) is 5. The molecule has 0 bridgehead atoms. The van der Waals surface area contributed by atoms with Crippen LogP contribution in [0.15, 0.2) is 23.8 Å². The van der Waals surface area contributed by atoms with Gasteiger partial charge >= 0.3 is 6.03 Å². The number of ether oxygens (including phenoxy) is 1. The molecule has 0 saturated heterocycles. The van der Waals surface area contributed by atoms with Crippen molar-refractivity contribution in [3.05, 3.63) is 34.5 Å². The third-order valence-electron chi connectivity index (χ3n) is 2.85. The second kappa shape index (κ2) is 8.38. The number of hydrogen-bond donors (Lipinski definition) is 2. The third-order valence-corrected chi connectivity index (χ3v) is 3.73. The van der Waals surface area contributed by atoms with Gasteiger partial charge in [0, 0.05) is 25.1 Å². The molecule has 0 atom stereocenters. The lowest BCUT2D eigenvalue weighted by atomic mass is 10.4. The second-order valence-electron chi connectivity index (χ2n) is 4.40. The Hall–Kier alpha value is -1.93. The Kier molecular flexibility index (Phi) is 6.17. The van der Waals surface area contributed by atoms with E-state index in [4.69, 9.17) is 4.74 Å². The van der Waals surface area contributed by atoms with E-state index in [0.29, 0.717) is 19.7 Å². The van der Waals surface area contributed by atoms with Gasteiger partial charge in [0.25, 0.3) is 0 Å². The van der Waals surface area contributed by atoms with E-state index in [2.05, 4.69) is 20.8 Å². The Labute approximate surface area is 127 Å². The molecule has 0 fully saturated rings. The van der Waals surface area contributed by atoms with Gasteiger partial charge in [-0.25, -0.2) is 4.79 Å². The first-order valence-corrected chi connectivity index (χ1v) is 7.57. The van der Waals surface area contributed by atoms with E-state index < -0.39 is 0 Å². The van der Waals surface area contributed by atoms with E-state index >= 15 is 0 Å². The van der Waals surface area contributed by atoms with Crippen LogP contribution in [0.3, 0.4) is 0 Å². The molecule has 114 valence electrons. The minimum Gasteiger partial charge on any atom is -0.385 e. The van der Waals surface area contributed by atoms with E-state index in [1.165, 1.54) is 0 Å². The average molecular weight is 309 g/mol. The minimum atomic E-state index is -0.213. The zero-order chi connectivity index (χ0) is 14.9. The highest BCUT2D eigenvalue weighted by Gasteiger charge is 2.06. The number of amides is 2. The molecule has 2 aromatic heterocycles. The highest BCUT2D eigenvalue weighted by Crippen LogP contribution is 2.07. The molecule has 2 N–H and O–H groups in total. The van der Waals surface area contributed by atoms with Crippen molar-refractivity contribution in [1.29, 1.82) is 0 Å². The molecular weight excluding hydrogens is 290 g/mol. The van der Waals surface area contributed by atoms with Crippen molar-refractivity contribution < 1.29 is 9.53 Å². The van der Waals surface area contributed by atoms with Crippen molar-refractivity contribution in [2.75, 3.05) is 13.7 Å². The molecule has 2 heterocycles. The molecule has 8 heteroatoms. The van der Waals surface area contributed by atoms with Gasteiger partial charge in [-0.2, -0.15) is 0 Å². The monoisotopic (exact) mass is 309 g/mol. The largest absolute Gasteiger partial charge is 0.385 e. The fourth-order valence-corrected chi connectivity index (χ4v) is 2.43. The van der Waals surface area contributed by atoms with Gasteiger partial charge in [-0.3, -0.25) is 0 Å². The van der Waals surface area contributed by atoms with Gasteiger partial charge in [-0.05, 0) is 17.9 Å². The lowest BCUT2D eigenvalue weighted by Crippen LogP contribution is -2.35. The Morgan fingerprint density at radius 3 is 3.05 bits per heavy atom. The average Bonchev–Trinajstić information content (AvgIpc) is 3.15. The Morgan fingerprint density at radius 2 is 2.29 bits per heavy atom. The maximum Gasteiger partial charge on any atom is 0.315 e. The van der Waals surface area contributed by atoms with Gasteiger partial charge in [-0.15, -0.1) is 21.5 Å². The Morgan fingerprint density at radius 1 is 1.43 bits per heavy atom. The number of thiophene rings is 1. The van der Waals surface area contributed by atoms with E-state index in [0.717, 1.165) is 23.7 Å². The number of urea groups is 1. The first-order valence-electron chi connectivity index (χ1n) is 6.69. The zero-order valence-corrected chi connectivity index (χ0v) is 12.7. The highest BCUT2D eigenvalue weighted by molar-refractivity contribution is 7.09. The lowest BCUT2D eigenvalue weighted by Gasteiger charge is -2.08. The van der Waals surface area contributed by atoms with Gasteiger partial charge in [0.05, 0.1) is 13.1 Å². The van der Waals surface area contributed by atoms with Crippen molar-refractivity contribution in [1.82, 2.24) is 25.4 Å². The first-order chi connectivity index (χ1) is 10.3. The predicted molar refractivity (Wildman–Crippen MR) is 79.9 cm³/mol. The van der Waals surface area contributed by atoms with Crippen LogP contribution in [-0.4, -0.2) is 34.5 Å². The molecule has 0 aromatic carbocycles. The number of carbonyl (C=O) groups excluding carboxylic acids is 1. The van der Waals surface area contributed by atoms with Gasteiger partial charge in [0.2, 0.25) is 0 Å². The molecule has 0 unspecified atom stereocenters. The summed E-state index contributed by atoms with van der Waals surface area (Å²) in [5.41, 5.74) is 0. The second-order valence-corrected chi connectivity index (χ2v) is 5.43. The summed E-state index contributed by atoms with van der Waals surface area (Å²) in [7, 11) is 1.67. The summed E-state index contributed by atoms with van der Waals surface area (Å²) in [5, 5.41) is 15.4. The summed E-state index contributed by atoms with van der Waals surface area (Å²) in [5.74, 6) is 0.734. The van der Waals surface area contributed by atoms with Crippen LogP contribution >= 0.6 is 11.3 Å². The van der Waals surface area contributed by atoms with E-state index in [9.17, 15) is 4.79 Å². The van der Waals surface area contributed by atoms with Crippen molar-refractivity contribution in [3.63, 3.8) is 0 Å². The topological polar surface area (TPSA) is 81.1 Å². The normalized spacial score (nSPS) is 10.5. The first kappa shape index (κ1) is 15.5. The standard InChI is InChI=1S/C13H19N5O2S/c1-20-6-3-5-18-10-16-17-12(18)9-15-13(19)14-8-11-4-2-7-21-11/h2,4,7,10H,3,5-6,8-9H2,1H3,(H2,14,15,19). The summed E-state index contributed by atoms with van der Waals surface area (Å²) >= 11 is 1.61. The number of nitrogens with one attached hydrogen (secondary N) is 2. The van der Waals surface area contributed by atoms with E-state index in [1.807, 2.05) is 22.1 Å². The fourth-order valence-electron chi connectivity index (χ4n) is 1.78. The molecule has 0 radical (unpaired) electrons. The molecule has 0 aliphatic carbocycles. The molecule has 2 amide bonds. The van der Waals surface area contributed by atoms with Gasteiger partial charge in [-0.1, -0.05) is 6.07 Å². The van der Waals surface area contributed by atoms with Crippen LogP contribution < -0.4 is 10.6 Å². The molecule has 0 aliphatic heterocycles. The lowest BCUT2D eigenvalue weighted by molar-refractivity contribution is 0.190. The number of aryl methyl sites for hydroxylation is 1. The molecule has 0 saturated carbocycles. The summed E-state index contributed by atoms with van der Waals surface area (Å²) in [6, 6.07) is 3.73. The van der Waals surface area contributed by atoms with Crippen LogP contribution in [-0.2, 0) is 24.4 Å². The SMILES string of the molecule is COCCCn1cnnc1CNC(=O)NCc1cccs1. The number of nitrogens with zero attached hydrogens (tertiary/aromatic N) is 3. The van der Waals surface area contributed by atoms with Crippen molar-refractivity contribution in [2.45, 2.75) is 26.1 Å². The smallest absolute Gasteiger partial charge is 0.315 e. The van der Waals surface area contributed by atoms with Crippen molar-refractivity contribution in [3.8, 4) is 0 Å². The molecule has 21 heavy (non-hydrogen) atoms. The molecule has 2 rings (SSSR count). The summed E-state index contributed by atoms with van der Waals surface area (Å²) in [6.45, 7) is 2.34. The van der Waals surface area contributed by atoms with Gasteiger partial charge in [0.1, 0.15) is 6.33 Å². The Bertz CT molecular complexity index is 541. The number of carbonyl (C=O) groups is 1. The fraction of sp³-hybridized carbons (Fsp3) is 0.462. The highest BCUT2D eigenvalue weighted by atomic mass is 32.1. The maximum absolute atomic E-state index is 11.7. The molecular formula is C13H19N5O2S. The van der Waals surface area contributed by atoms with Gasteiger partial charge in [0.15, 0.2) is 5.82 Å². The van der Waals surface area contributed by atoms with Crippen LogP contribution in [0.5, 0.6) is 0 Å². The van der Waals surface area contributed by atoms with Gasteiger partial charge < -0.3 is 19.9 Å². The van der Waals surface area contributed by atoms with Crippen molar-refractivity contribution >= 4 is 17.4 Å². The molecule has 7 nitrogen and oxygen atoms in total. The third kappa shape index (κ3) is 5.16. The summed E-state index contributed by atoms with van der Waals surface area (Å²) < 4.78 is 6.93. The Balaban J connectivity index is 1.72. The van der Waals surface area contributed by atoms with E-state index in [1.54, 1.807) is 24.8 Å². The maximum atomic E-state index is 11.7. The minimum absolute atomic E-state index is 0.213. The summed E-state index contributed by atoms with van der Waals surface area (Å²) in [6.07, 6.45) is 2.54. The number of methoxy groups -OCH3 is 1. The number of rotatable bonds is 8. The quantitative estimate of drug-likeness (QED) is 0.722.